The van der Waals surface area contributed by atoms with Gasteiger partial charge in [0.2, 0.25) is 5.91 Å². The zero-order chi connectivity index (χ0) is 19.3. The molecule has 1 atom stereocenters. The van der Waals surface area contributed by atoms with Crippen molar-refractivity contribution < 1.29 is 9.18 Å². The maximum atomic E-state index is 13.1. The molecule has 0 unspecified atom stereocenters. The molecule has 1 amide bonds. The van der Waals surface area contributed by atoms with Gasteiger partial charge in [0.25, 0.3) is 0 Å². The van der Waals surface area contributed by atoms with Crippen LogP contribution < -0.4 is 0 Å². The monoisotopic (exact) mass is 376 g/mol. The molecule has 6 heteroatoms. The molecule has 1 aliphatic heterocycles. The number of carbonyl (C=O) groups is 1. The number of piperidine rings is 1. The summed E-state index contributed by atoms with van der Waals surface area (Å²) in [6.07, 6.45) is 7.45. The lowest BCUT2D eigenvalue weighted by molar-refractivity contribution is -0.131. The highest BCUT2D eigenvalue weighted by Gasteiger charge is 2.26. The quantitative estimate of drug-likeness (QED) is 0.698. The van der Waals surface area contributed by atoms with Crippen LogP contribution in [0.4, 0.5) is 4.39 Å². The van der Waals surface area contributed by atoms with E-state index in [0.29, 0.717) is 12.4 Å². The van der Waals surface area contributed by atoms with Gasteiger partial charge in [-0.3, -0.25) is 9.78 Å². The number of aromatic nitrogens is 3. The first-order valence-corrected chi connectivity index (χ1v) is 9.44. The van der Waals surface area contributed by atoms with Crippen molar-refractivity contribution >= 4 is 5.91 Å². The maximum absolute atomic E-state index is 13.1. The molecule has 2 aromatic heterocycles. The van der Waals surface area contributed by atoms with E-state index in [4.69, 9.17) is 4.98 Å². The number of amides is 1. The SMILES string of the molecule is O=C(Cc1ccc(F)cc1)N1CCC[C@H](c2ccnc(-c3cccnc3)n2)C1. The fourth-order valence-electron chi connectivity index (χ4n) is 3.57. The molecule has 1 aliphatic rings. The minimum absolute atomic E-state index is 0.0675. The Balaban J connectivity index is 1.46. The van der Waals surface area contributed by atoms with E-state index in [0.717, 1.165) is 36.2 Å². The van der Waals surface area contributed by atoms with Gasteiger partial charge in [0.15, 0.2) is 5.82 Å². The summed E-state index contributed by atoms with van der Waals surface area (Å²) < 4.78 is 13.1. The fourth-order valence-corrected chi connectivity index (χ4v) is 3.57. The molecule has 0 bridgehead atoms. The van der Waals surface area contributed by atoms with E-state index in [1.54, 1.807) is 30.7 Å². The highest BCUT2D eigenvalue weighted by Crippen LogP contribution is 2.27. The summed E-state index contributed by atoms with van der Waals surface area (Å²) >= 11 is 0. The Morgan fingerprint density at radius 2 is 2.00 bits per heavy atom. The molecule has 0 saturated carbocycles. The van der Waals surface area contributed by atoms with Crippen molar-refractivity contribution in [2.45, 2.75) is 25.2 Å². The number of hydrogen-bond donors (Lipinski definition) is 0. The number of rotatable bonds is 4. The molecule has 3 heterocycles. The van der Waals surface area contributed by atoms with Gasteiger partial charge in [0.05, 0.1) is 6.42 Å². The minimum Gasteiger partial charge on any atom is -0.342 e. The molecule has 3 aromatic rings. The lowest BCUT2D eigenvalue weighted by Gasteiger charge is -2.32. The summed E-state index contributed by atoms with van der Waals surface area (Å²) in [6.45, 7) is 1.39. The second-order valence-electron chi connectivity index (χ2n) is 7.03. The molecule has 1 aromatic carbocycles. The normalized spacial score (nSPS) is 16.8. The third-order valence-electron chi connectivity index (χ3n) is 5.06. The second kappa shape index (κ2) is 8.25. The molecule has 0 spiro atoms. The zero-order valence-electron chi connectivity index (χ0n) is 15.5. The van der Waals surface area contributed by atoms with Gasteiger partial charge in [-0.25, -0.2) is 14.4 Å². The van der Waals surface area contributed by atoms with E-state index in [9.17, 15) is 9.18 Å². The molecule has 142 valence electrons. The van der Waals surface area contributed by atoms with Crippen molar-refractivity contribution in [1.29, 1.82) is 0 Å². The predicted molar refractivity (Wildman–Crippen MR) is 104 cm³/mol. The third-order valence-corrected chi connectivity index (χ3v) is 5.06. The average Bonchev–Trinajstić information content (AvgIpc) is 2.76. The van der Waals surface area contributed by atoms with E-state index in [-0.39, 0.29) is 24.1 Å². The zero-order valence-corrected chi connectivity index (χ0v) is 15.5. The number of benzene rings is 1. The van der Waals surface area contributed by atoms with Crippen LogP contribution in [0, 0.1) is 5.82 Å². The van der Waals surface area contributed by atoms with Gasteiger partial charge in [0.1, 0.15) is 5.82 Å². The van der Waals surface area contributed by atoms with Crippen molar-refractivity contribution in [2.24, 2.45) is 0 Å². The Labute approximate surface area is 163 Å². The number of hydrogen-bond acceptors (Lipinski definition) is 4. The van der Waals surface area contributed by atoms with Crippen LogP contribution in [-0.4, -0.2) is 38.8 Å². The number of nitrogens with zero attached hydrogens (tertiary/aromatic N) is 4. The standard InChI is InChI=1S/C22H21FN4O/c23-19-7-5-16(6-8-19)13-21(28)27-12-2-4-18(15-27)20-9-11-25-22(26-20)17-3-1-10-24-14-17/h1,3,5-11,14,18H,2,4,12-13,15H2/t18-/m0/s1. The summed E-state index contributed by atoms with van der Waals surface area (Å²) in [5.41, 5.74) is 2.66. The molecule has 5 nitrogen and oxygen atoms in total. The first-order valence-electron chi connectivity index (χ1n) is 9.44. The number of carbonyl (C=O) groups excluding carboxylic acids is 1. The van der Waals surface area contributed by atoms with Gasteiger partial charge in [-0.2, -0.15) is 0 Å². The fraction of sp³-hybridized carbons (Fsp3) is 0.273. The number of pyridine rings is 1. The van der Waals surface area contributed by atoms with Gasteiger partial charge in [0, 0.05) is 48.9 Å². The Hall–Kier alpha value is -3.15. The Morgan fingerprint density at radius 3 is 2.79 bits per heavy atom. The van der Waals surface area contributed by atoms with Crippen LogP contribution in [0.1, 0.15) is 30.0 Å². The summed E-state index contributed by atoms with van der Waals surface area (Å²) in [6, 6.07) is 11.8. The van der Waals surface area contributed by atoms with E-state index in [1.165, 1.54) is 12.1 Å². The molecule has 0 N–H and O–H groups in total. The second-order valence-corrected chi connectivity index (χ2v) is 7.03. The van der Waals surface area contributed by atoms with E-state index < -0.39 is 0 Å². The molecular formula is C22H21FN4O. The highest BCUT2D eigenvalue weighted by atomic mass is 19.1. The van der Waals surface area contributed by atoms with Gasteiger partial charge in [-0.1, -0.05) is 12.1 Å². The van der Waals surface area contributed by atoms with Gasteiger partial charge < -0.3 is 4.90 Å². The number of likely N-dealkylation sites (tertiary alicyclic amines) is 1. The summed E-state index contributed by atoms with van der Waals surface area (Å²) in [5, 5.41) is 0. The van der Waals surface area contributed by atoms with Gasteiger partial charge in [-0.15, -0.1) is 0 Å². The lowest BCUT2D eigenvalue weighted by Crippen LogP contribution is -2.40. The van der Waals surface area contributed by atoms with E-state index >= 15 is 0 Å². The predicted octanol–water partition coefficient (Wildman–Crippen LogP) is 3.63. The van der Waals surface area contributed by atoms with E-state index in [2.05, 4.69) is 9.97 Å². The summed E-state index contributed by atoms with van der Waals surface area (Å²) in [4.78, 5) is 27.8. The van der Waals surface area contributed by atoms with Crippen LogP contribution in [0.3, 0.4) is 0 Å². The Bertz CT molecular complexity index is 946. The highest BCUT2D eigenvalue weighted by molar-refractivity contribution is 5.79. The van der Waals surface area contributed by atoms with Gasteiger partial charge >= 0.3 is 0 Å². The molecular weight excluding hydrogens is 355 g/mol. The topological polar surface area (TPSA) is 59.0 Å². The van der Waals surface area contributed by atoms with Crippen LogP contribution in [0.15, 0.2) is 61.1 Å². The molecule has 0 aliphatic carbocycles. The van der Waals surface area contributed by atoms with Crippen LogP contribution >= 0.6 is 0 Å². The van der Waals surface area contributed by atoms with Crippen LogP contribution in [-0.2, 0) is 11.2 Å². The Morgan fingerprint density at radius 1 is 1.14 bits per heavy atom. The van der Waals surface area contributed by atoms with Crippen LogP contribution in [0.5, 0.6) is 0 Å². The van der Waals surface area contributed by atoms with Crippen molar-refractivity contribution in [2.75, 3.05) is 13.1 Å². The minimum atomic E-state index is -0.289. The third kappa shape index (κ3) is 4.22. The summed E-state index contributed by atoms with van der Waals surface area (Å²) in [5.74, 6) is 0.616. The van der Waals surface area contributed by atoms with Crippen molar-refractivity contribution in [3.05, 3.63) is 78.1 Å². The first kappa shape index (κ1) is 18.2. The largest absolute Gasteiger partial charge is 0.342 e. The van der Waals surface area contributed by atoms with Crippen molar-refractivity contribution in [1.82, 2.24) is 19.9 Å². The number of halogens is 1. The van der Waals surface area contributed by atoms with E-state index in [1.807, 2.05) is 23.1 Å². The summed E-state index contributed by atoms with van der Waals surface area (Å²) in [7, 11) is 0. The molecule has 1 fully saturated rings. The van der Waals surface area contributed by atoms with Crippen molar-refractivity contribution in [3.8, 4) is 11.4 Å². The first-order chi connectivity index (χ1) is 13.7. The van der Waals surface area contributed by atoms with Gasteiger partial charge in [-0.05, 0) is 48.7 Å². The maximum Gasteiger partial charge on any atom is 0.227 e. The molecule has 4 rings (SSSR count). The molecule has 28 heavy (non-hydrogen) atoms. The smallest absolute Gasteiger partial charge is 0.227 e. The average molecular weight is 376 g/mol. The lowest BCUT2D eigenvalue weighted by atomic mass is 9.94. The molecule has 1 saturated heterocycles. The van der Waals surface area contributed by atoms with Crippen LogP contribution in [0.2, 0.25) is 0 Å². The van der Waals surface area contributed by atoms with Crippen molar-refractivity contribution in [3.63, 3.8) is 0 Å². The molecule has 0 radical (unpaired) electrons. The van der Waals surface area contributed by atoms with Crippen LogP contribution in [0.25, 0.3) is 11.4 Å². The Kier molecular flexibility index (Phi) is 5.37.